The highest BCUT2D eigenvalue weighted by Crippen LogP contribution is 2.12. The van der Waals surface area contributed by atoms with Crippen molar-refractivity contribution in [3.05, 3.63) is 60.3 Å². The fourth-order valence-corrected chi connectivity index (χ4v) is 3.26. The van der Waals surface area contributed by atoms with E-state index in [1.807, 2.05) is 48.7 Å². The van der Waals surface area contributed by atoms with E-state index in [0.717, 1.165) is 50.1 Å². The van der Waals surface area contributed by atoms with Gasteiger partial charge < -0.3 is 20.2 Å². The molecule has 1 aliphatic heterocycles. The highest BCUT2D eigenvalue weighted by Gasteiger charge is 2.20. The Bertz CT molecular complexity index is 699. The number of nitrogens with zero attached hydrogens (tertiary/aromatic N) is 4. The number of pyridine rings is 1. The fourth-order valence-electron chi connectivity index (χ4n) is 3.26. The SMILES string of the molecule is CCNC(=NCC(O)Cc1ccccc1)N1CCN(c2ccccn2)CC1. The first-order chi connectivity index (χ1) is 13.3. The minimum Gasteiger partial charge on any atom is -0.391 e. The lowest BCUT2D eigenvalue weighted by Gasteiger charge is -2.37. The van der Waals surface area contributed by atoms with Gasteiger partial charge in [0.15, 0.2) is 5.96 Å². The Morgan fingerprint density at radius 3 is 2.52 bits per heavy atom. The monoisotopic (exact) mass is 367 g/mol. The Morgan fingerprint density at radius 2 is 1.85 bits per heavy atom. The molecule has 144 valence electrons. The van der Waals surface area contributed by atoms with E-state index in [9.17, 15) is 5.11 Å². The molecule has 2 aromatic rings. The molecular formula is C21H29N5O. The molecule has 1 unspecified atom stereocenters. The summed E-state index contributed by atoms with van der Waals surface area (Å²) in [5, 5.41) is 13.7. The van der Waals surface area contributed by atoms with E-state index < -0.39 is 6.10 Å². The van der Waals surface area contributed by atoms with E-state index in [2.05, 4.69) is 38.1 Å². The molecule has 1 aromatic heterocycles. The van der Waals surface area contributed by atoms with Crippen LogP contribution in [0.4, 0.5) is 5.82 Å². The zero-order valence-corrected chi connectivity index (χ0v) is 16.0. The number of aliphatic hydroxyl groups is 1. The molecule has 27 heavy (non-hydrogen) atoms. The van der Waals surface area contributed by atoms with Gasteiger partial charge in [0.2, 0.25) is 0 Å². The Hall–Kier alpha value is -2.60. The number of guanidine groups is 1. The largest absolute Gasteiger partial charge is 0.391 e. The molecule has 0 spiro atoms. The van der Waals surface area contributed by atoms with Crippen molar-refractivity contribution in [3.63, 3.8) is 0 Å². The summed E-state index contributed by atoms with van der Waals surface area (Å²) in [7, 11) is 0. The maximum Gasteiger partial charge on any atom is 0.194 e. The Morgan fingerprint density at radius 1 is 1.11 bits per heavy atom. The fraction of sp³-hybridized carbons (Fsp3) is 0.429. The second kappa shape index (κ2) is 9.92. The Labute approximate surface area is 161 Å². The highest BCUT2D eigenvalue weighted by molar-refractivity contribution is 5.80. The lowest BCUT2D eigenvalue weighted by Crippen LogP contribution is -2.53. The van der Waals surface area contributed by atoms with E-state index in [1.54, 1.807) is 0 Å². The van der Waals surface area contributed by atoms with Crippen molar-refractivity contribution in [2.75, 3.05) is 44.2 Å². The van der Waals surface area contributed by atoms with Gasteiger partial charge in [0, 0.05) is 45.3 Å². The lowest BCUT2D eigenvalue weighted by molar-refractivity contribution is 0.183. The van der Waals surface area contributed by atoms with Gasteiger partial charge in [-0.15, -0.1) is 0 Å². The summed E-state index contributed by atoms with van der Waals surface area (Å²) in [5.41, 5.74) is 1.13. The summed E-state index contributed by atoms with van der Waals surface area (Å²) in [6.07, 6.45) is 1.98. The lowest BCUT2D eigenvalue weighted by atomic mass is 10.1. The van der Waals surface area contributed by atoms with Gasteiger partial charge in [-0.2, -0.15) is 0 Å². The molecule has 0 bridgehead atoms. The maximum absolute atomic E-state index is 10.3. The number of aliphatic imine (C=N–C) groups is 1. The molecule has 1 aliphatic rings. The number of aromatic nitrogens is 1. The van der Waals surface area contributed by atoms with Gasteiger partial charge in [-0.25, -0.2) is 4.98 Å². The van der Waals surface area contributed by atoms with Crippen LogP contribution >= 0.6 is 0 Å². The molecule has 0 radical (unpaired) electrons. The number of anilines is 1. The molecule has 6 nitrogen and oxygen atoms in total. The number of benzene rings is 1. The van der Waals surface area contributed by atoms with Gasteiger partial charge in [0.1, 0.15) is 5.82 Å². The maximum atomic E-state index is 10.3. The van der Waals surface area contributed by atoms with Crippen LogP contribution < -0.4 is 10.2 Å². The standard InChI is InChI=1S/C21H29N5O/c1-2-22-21(24-17-19(27)16-18-8-4-3-5-9-18)26-14-12-25(13-15-26)20-10-6-7-11-23-20/h3-11,19,27H,2,12-17H2,1H3,(H,22,24). The van der Waals surface area contributed by atoms with Crippen LogP contribution in [0.15, 0.2) is 59.7 Å². The molecule has 0 saturated carbocycles. The molecule has 6 heteroatoms. The summed E-state index contributed by atoms with van der Waals surface area (Å²) < 4.78 is 0. The molecule has 1 saturated heterocycles. The summed E-state index contributed by atoms with van der Waals surface area (Å²) >= 11 is 0. The summed E-state index contributed by atoms with van der Waals surface area (Å²) in [4.78, 5) is 13.7. The van der Waals surface area contributed by atoms with E-state index in [0.29, 0.717) is 13.0 Å². The average molecular weight is 367 g/mol. The highest BCUT2D eigenvalue weighted by atomic mass is 16.3. The molecule has 2 N–H and O–H groups in total. The van der Waals surface area contributed by atoms with Gasteiger partial charge in [-0.1, -0.05) is 36.4 Å². The first kappa shape index (κ1) is 19.2. The molecule has 1 fully saturated rings. The van der Waals surface area contributed by atoms with E-state index in [1.165, 1.54) is 0 Å². The van der Waals surface area contributed by atoms with Crippen molar-refractivity contribution >= 4 is 11.8 Å². The number of hydrogen-bond donors (Lipinski definition) is 2. The quantitative estimate of drug-likeness (QED) is 0.602. The van der Waals surface area contributed by atoms with E-state index in [4.69, 9.17) is 0 Å². The third-order valence-corrected chi connectivity index (χ3v) is 4.65. The zero-order chi connectivity index (χ0) is 18.9. The van der Waals surface area contributed by atoms with E-state index in [-0.39, 0.29) is 0 Å². The van der Waals surface area contributed by atoms with Crippen molar-refractivity contribution in [1.29, 1.82) is 0 Å². The summed E-state index contributed by atoms with van der Waals surface area (Å²) in [6, 6.07) is 16.1. The number of hydrogen-bond acceptors (Lipinski definition) is 4. The first-order valence-corrected chi connectivity index (χ1v) is 9.67. The predicted octanol–water partition coefficient (Wildman–Crippen LogP) is 1.77. The van der Waals surface area contributed by atoms with Crippen molar-refractivity contribution in [3.8, 4) is 0 Å². The van der Waals surface area contributed by atoms with E-state index >= 15 is 0 Å². The normalized spacial score (nSPS) is 16.3. The molecule has 3 rings (SSSR count). The van der Waals surface area contributed by atoms with Crippen molar-refractivity contribution in [1.82, 2.24) is 15.2 Å². The van der Waals surface area contributed by atoms with Crippen LogP contribution in [0.2, 0.25) is 0 Å². The molecule has 1 aromatic carbocycles. The molecular weight excluding hydrogens is 338 g/mol. The summed E-state index contributed by atoms with van der Waals surface area (Å²) in [5.74, 6) is 1.91. The molecule has 0 amide bonds. The zero-order valence-electron chi connectivity index (χ0n) is 16.0. The van der Waals surface area contributed by atoms with Crippen LogP contribution in [0.5, 0.6) is 0 Å². The minimum atomic E-state index is -0.476. The third-order valence-electron chi connectivity index (χ3n) is 4.65. The summed E-state index contributed by atoms with van der Waals surface area (Å²) in [6.45, 7) is 6.88. The smallest absolute Gasteiger partial charge is 0.194 e. The minimum absolute atomic E-state index is 0.400. The van der Waals surface area contributed by atoms with Crippen molar-refractivity contribution < 1.29 is 5.11 Å². The third kappa shape index (κ3) is 5.69. The van der Waals surface area contributed by atoms with Crippen LogP contribution in [0.3, 0.4) is 0 Å². The predicted molar refractivity (Wildman–Crippen MR) is 110 cm³/mol. The van der Waals surface area contributed by atoms with Crippen LogP contribution in [0.1, 0.15) is 12.5 Å². The van der Waals surface area contributed by atoms with Crippen molar-refractivity contribution in [2.45, 2.75) is 19.4 Å². The first-order valence-electron chi connectivity index (χ1n) is 9.67. The number of piperazine rings is 1. The van der Waals surface area contributed by atoms with Crippen LogP contribution in [0.25, 0.3) is 0 Å². The molecule has 1 atom stereocenters. The van der Waals surface area contributed by atoms with Crippen LogP contribution in [-0.4, -0.2) is 66.3 Å². The van der Waals surface area contributed by atoms with Crippen LogP contribution in [-0.2, 0) is 6.42 Å². The number of aliphatic hydroxyl groups excluding tert-OH is 1. The second-order valence-electron chi connectivity index (χ2n) is 6.70. The Kier molecular flexibility index (Phi) is 7.04. The van der Waals surface area contributed by atoms with Gasteiger partial charge in [-0.05, 0) is 24.6 Å². The number of nitrogens with one attached hydrogen (secondary N) is 1. The van der Waals surface area contributed by atoms with Crippen LogP contribution in [0, 0.1) is 0 Å². The number of rotatable bonds is 6. The molecule has 2 heterocycles. The topological polar surface area (TPSA) is 64.0 Å². The second-order valence-corrected chi connectivity index (χ2v) is 6.70. The van der Waals surface area contributed by atoms with Gasteiger partial charge in [0.05, 0.1) is 12.6 Å². The van der Waals surface area contributed by atoms with Gasteiger partial charge >= 0.3 is 0 Å². The molecule has 0 aliphatic carbocycles. The van der Waals surface area contributed by atoms with Gasteiger partial charge in [0.25, 0.3) is 0 Å². The van der Waals surface area contributed by atoms with Gasteiger partial charge in [-0.3, -0.25) is 4.99 Å². The van der Waals surface area contributed by atoms with Crippen molar-refractivity contribution in [2.24, 2.45) is 4.99 Å². The average Bonchev–Trinajstić information content (AvgIpc) is 2.73. The Balaban J connectivity index is 1.54.